The maximum Gasteiger partial charge on any atom is 0.321 e. The summed E-state index contributed by atoms with van der Waals surface area (Å²) in [6, 6.07) is 15.1. The van der Waals surface area contributed by atoms with Gasteiger partial charge in [0.25, 0.3) is 0 Å². The minimum absolute atomic E-state index is 0.239. The van der Waals surface area contributed by atoms with E-state index in [0.29, 0.717) is 37.7 Å². The van der Waals surface area contributed by atoms with E-state index >= 15 is 0 Å². The molecule has 0 spiro atoms. The van der Waals surface area contributed by atoms with Crippen molar-refractivity contribution in [1.82, 2.24) is 20.1 Å². The van der Waals surface area contributed by atoms with Crippen molar-refractivity contribution in [2.75, 3.05) is 41.7 Å². The molecule has 8 nitrogen and oxygen atoms in total. The van der Waals surface area contributed by atoms with Gasteiger partial charge in [0.05, 0.1) is 0 Å². The van der Waals surface area contributed by atoms with Crippen LogP contribution in [0.25, 0.3) is 0 Å². The molecule has 154 valence electrons. The van der Waals surface area contributed by atoms with Crippen LogP contribution in [-0.2, 0) is 0 Å². The zero-order chi connectivity index (χ0) is 20.9. The number of urea groups is 1. The molecule has 1 saturated heterocycles. The van der Waals surface area contributed by atoms with E-state index in [9.17, 15) is 9.18 Å². The van der Waals surface area contributed by atoms with Crippen LogP contribution in [-0.4, -0.2) is 52.3 Å². The van der Waals surface area contributed by atoms with Crippen molar-refractivity contribution in [3.8, 4) is 0 Å². The second kappa shape index (κ2) is 8.73. The minimum Gasteiger partial charge on any atom is -0.352 e. The topological polar surface area (TPSA) is 86.3 Å². The third kappa shape index (κ3) is 4.80. The number of benzene rings is 1. The fourth-order valence-electron chi connectivity index (χ4n) is 3.21. The van der Waals surface area contributed by atoms with Crippen molar-refractivity contribution in [2.24, 2.45) is 0 Å². The van der Waals surface area contributed by atoms with Crippen LogP contribution in [0.4, 0.5) is 32.3 Å². The number of carbonyl (C=O) groups is 1. The number of aryl methyl sites for hydroxylation is 1. The summed E-state index contributed by atoms with van der Waals surface area (Å²) < 4.78 is 13.3. The van der Waals surface area contributed by atoms with Gasteiger partial charge in [-0.15, -0.1) is 10.2 Å². The third-order valence-electron chi connectivity index (χ3n) is 4.76. The van der Waals surface area contributed by atoms with E-state index in [0.717, 1.165) is 17.3 Å². The molecule has 4 rings (SSSR count). The average Bonchev–Trinajstić information content (AvgIpc) is 2.74. The van der Waals surface area contributed by atoms with Gasteiger partial charge in [-0.2, -0.15) is 0 Å². The van der Waals surface area contributed by atoms with E-state index in [1.165, 1.54) is 12.1 Å². The lowest BCUT2D eigenvalue weighted by molar-refractivity contribution is 0.208. The molecule has 0 saturated carbocycles. The molecular formula is C21H22FN7O. The Morgan fingerprint density at radius 2 is 1.77 bits per heavy atom. The van der Waals surface area contributed by atoms with E-state index in [1.54, 1.807) is 17.0 Å². The molecule has 2 amide bonds. The van der Waals surface area contributed by atoms with Crippen molar-refractivity contribution < 1.29 is 9.18 Å². The lowest BCUT2D eigenvalue weighted by atomic mass is 10.3. The zero-order valence-electron chi connectivity index (χ0n) is 16.5. The Morgan fingerprint density at radius 1 is 0.967 bits per heavy atom. The van der Waals surface area contributed by atoms with Crippen LogP contribution in [0.15, 0.2) is 54.6 Å². The van der Waals surface area contributed by atoms with Crippen LogP contribution in [0.5, 0.6) is 0 Å². The van der Waals surface area contributed by atoms with Crippen molar-refractivity contribution in [3.05, 3.63) is 66.1 Å². The third-order valence-corrected chi connectivity index (χ3v) is 4.76. The Labute approximate surface area is 173 Å². The number of nitrogens with zero attached hydrogens (tertiary/aromatic N) is 5. The van der Waals surface area contributed by atoms with Crippen molar-refractivity contribution in [1.29, 1.82) is 0 Å². The molecule has 0 aliphatic carbocycles. The Hall–Kier alpha value is -3.75. The van der Waals surface area contributed by atoms with Crippen LogP contribution in [0, 0.1) is 12.7 Å². The molecule has 0 unspecified atom stereocenters. The summed E-state index contributed by atoms with van der Waals surface area (Å²) in [5, 5.41) is 14.4. The minimum atomic E-state index is -0.382. The molecule has 0 atom stereocenters. The number of anilines is 4. The van der Waals surface area contributed by atoms with Crippen LogP contribution in [0.2, 0.25) is 0 Å². The van der Waals surface area contributed by atoms with Gasteiger partial charge in [-0.1, -0.05) is 12.1 Å². The predicted octanol–water partition coefficient (Wildman–Crippen LogP) is 3.42. The number of aromatic nitrogens is 3. The lowest BCUT2D eigenvalue weighted by Crippen LogP contribution is -2.50. The summed E-state index contributed by atoms with van der Waals surface area (Å²) in [5.74, 6) is 1.70. The highest BCUT2D eigenvalue weighted by molar-refractivity contribution is 5.89. The van der Waals surface area contributed by atoms with Gasteiger partial charge in [-0.05, 0) is 49.4 Å². The normalized spacial score (nSPS) is 13.8. The Balaban J connectivity index is 1.31. The highest BCUT2D eigenvalue weighted by Crippen LogP contribution is 2.17. The van der Waals surface area contributed by atoms with Crippen molar-refractivity contribution >= 4 is 29.2 Å². The number of hydrogen-bond donors (Lipinski definition) is 2. The molecule has 0 radical (unpaired) electrons. The summed E-state index contributed by atoms with van der Waals surface area (Å²) in [4.78, 5) is 20.6. The Kier molecular flexibility index (Phi) is 5.69. The first-order chi connectivity index (χ1) is 14.6. The van der Waals surface area contributed by atoms with Gasteiger partial charge >= 0.3 is 6.03 Å². The predicted molar refractivity (Wildman–Crippen MR) is 113 cm³/mol. The summed E-state index contributed by atoms with van der Waals surface area (Å²) in [6.45, 7) is 4.28. The van der Waals surface area contributed by atoms with Gasteiger partial charge in [-0.25, -0.2) is 14.2 Å². The molecule has 2 N–H and O–H groups in total. The smallest absolute Gasteiger partial charge is 0.321 e. The molecule has 1 fully saturated rings. The highest BCUT2D eigenvalue weighted by Gasteiger charge is 2.22. The van der Waals surface area contributed by atoms with Gasteiger partial charge in [-0.3, -0.25) is 0 Å². The Morgan fingerprint density at radius 3 is 2.47 bits per heavy atom. The molecule has 3 aromatic rings. The second-order valence-electron chi connectivity index (χ2n) is 6.98. The number of pyridine rings is 1. The van der Waals surface area contributed by atoms with Gasteiger partial charge in [0.15, 0.2) is 11.6 Å². The van der Waals surface area contributed by atoms with E-state index in [4.69, 9.17) is 0 Å². The maximum atomic E-state index is 13.3. The first kappa shape index (κ1) is 19.6. The molecule has 0 bridgehead atoms. The second-order valence-corrected chi connectivity index (χ2v) is 6.98. The average molecular weight is 407 g/mol. The standard InChI is InChI=1S/C21H22FN7O/c1-15-4-2-7-18(23-15)25-19-8-9-20(27-26-19)28-10-12-29(13-11-28)21(30)24-17-6-3-5-16(22)14-17/h2-9,14H,10-13H2,1H3,(H,24,30)(H,23,25,26). The summed E-state index contributed by atoms with van der Waals surface area (Å²) >= 11 is 0. The number of piperazine rings is 1. The highest BCUT2D eigenvalue weighted by atomic mass is 19.1. The Bertz CT molecular complexity index is 1020. The molecular weight excluding hydrogens is 385 g/mol. The number of hydrogen-bond acceptors (Lipinski definition) is 6. The fourth-order valence-corrected chi connectivity index (χ4v) is 3.21. The molecule has 3 heterocycles. The maximum absolute atomic E-state index is 13.3. The van der Waals surface area contributed by atoms with E-state index in [-0.39, 0.29) is 11.8 Å². The zero-order valence-corrected chi connectivity index (χ0v) is 16.5. The summed E-state index contributed by atoms with van der Waals surface area (Å²) in [5.41, 5.74) is 1.36. The molecule has 9 heteroatoms. The molecule has 30 heavy (non-hydrogen) atoms. The van der Waals surface area contributed by atoms with Crippen LogP contribution in [0.3, 0.4) is 0 Å². The molecule has 1 aliphatic rings. The summed E-state index contributed by atoms with van der Waals surface area (Å²) in [7, 11) is 0. The molecule has 1 aromatic carbocycles. The monoisotopic (exact) mass is 407 g/mol. The first-order valence-electron chi connectivity index (χ1n) is 9.68. The number of amides is 2. The van der Waals surface area contributed by atoms with Crippen molar-refractivity contribution in [2.45, 2.75) is 6.92 Å². The van der Waals surface area contributed by atoms with Gasteiger partial charge in [0.2, 0.25) is 0 Å². The van der Waals surface area contributed by atoms with E-state index < -0.39 is 0 Å². The van der Waals surface area contributed by atoms with Crippen LogP contribution >= 0.6 is 0 Å². The van der Waals surface area contributed by atoms with E-state index in [1.807, 2.05) is 37.3 Å². The fraction of sp³-hybridized carbons (Fsp3) is 0.238. The van der Waals surface area contributed by atoms with Crippen molar-refractivity contribution in [3.63, 3.8) is 0 Å². The van der Waals surface area contributed by atoms with E-state index in [2.05, 4.69) is 30.7 Å². The first-order valence-corrected chi connectivity index (χ1v) is 9.68. The number of carbonyl (C=O) groups excluding carboxylic acids is 1. The molecule has 2 aromatic heterocycles. The summed E-state index contributed by atoms with van der Waals surface area (Å²) in [6.07, 6.45) is 0. The van der Waals surface area contributed by atoms with Gasteiger partial charge in [0.1, 0.15) is 11.6 Å². The van der Waals surface area contributed by atoms with Gasteiger partial charge in [0, 0.05) is 37.6 Å². The largest absolute Gasteiger partial charge is 0.352 e. The van der Waals surface area contributed by atoms with Gasteiger partial charge < -0.3 is 20.4 Å². The number of halogens is 1. The number of nitrogens with one attached hydrogen (secondary N) is 2. The van der Waals surface area contributed by atoms with Crippen LogP contribution < -0.4 is 15.5 Å². The lowest BCUT2D eigenvalue weighted by Gasteiger charge is -2.35. The van der Waals surface area contributed by atoms with Crippen LogP contribution in [0.1, 0.15) is 5.69 Å². The SMILES string of the molecule is Cc1cccc(Nc2ccc(N3CCN(C(=O)Nc4cccc(F)c4)CC3)nn2)n1. The molecule has 1 aliphatic heterocycles. The quantitative estimate of drug-likeness (QED) is 0.689. The number of rotatable bonds is 4.